The average molecular weight is 362 g/mol. The summed E-state index contributed by atoms with van der Waals surface area (Å²) in [7, 11) is 0. The molecule has 3 rings (SSSR count). The van der Waals surface area contributed by atoms with Crippen LogP contribution in [0.5, 0.6) is 0 Å². The minimum absolute atomic E-state index is 0.0153. The summed E-state index contributed by atoms with van der Waals surface area (Å²) < 4.78 is 24.1. The quantitative estimate of drug-likeness (QED) is 0.699. The number of halogens is 2. The van der Waals surface area contributed by atoms with Crippen LogP contribution in [0.1, 0.15) is 17.5 Å². The number of nitrogens with one attached hydrogen (secondary N) is 1. The summed E-state index contributed by atoms with van der Waals surface area (Å²) in [5, 5.41) is 3.29. The molecule has 0 bridgehead atoms. The van der Waals surface area contributed by atoms with Gasteiger partial charge in [0.05, 0.1) is 5.69 Å². The van der Waals surface area contributed by atoms with Crippen molar-refractivity contribution in [3.05, 3.63) is 65.1 Å². The van der Waals surface area contributed by atoms with E-state index in [-0.39, 0.29) is 16.5 Å². The Labute approximate surface area is 147 Å². The molecule has 0 unspecified atom stereocenters. The smallest absolute Gasteiger partial charge is 0.375 e. The fourth-order valence-corrected chi connectivity index (χ4v) is 2.34. The van der Waals surface area contributed by atoms with Gasteiger partial charge in [-0.15, -0.1) is 0 Å². The average Bonchev–Trinajstić information content (AvgIpc) is 3.01. The van der Waals surface area contributed by atoms with Crippen molar-refractivity contribution in [3.63, 3.8) is 0 Å². The van der Waals surface area contributed by atoms with Gasteiger partial charge in [0, 0.05) is 10.4 Å². The predicted octanol–water partition coefficient (Wildman–Crippen LogP) is 4.41. The number of furan rings is 1. The molecule has 0 aliphatic rings. The van der Waals surface area contributed by atoms with Gasteiger partial charge in [-0.25, -0.2) is 9.18 Å². The summed E-state index contributed by atoms with van der Waals surface area (Å²) in [5.74, 6) is -2.16. The number of hydrogen-bond donors (Lipinski definition) is 1. The first-order valence-corrected chi connectivity index (χ1v) is 7.77. The standard InChI is InChI=1S/C18H13ClFNO4/c1-10(17(22)21-14-7-6-12(19)9-13(14)20)24-18(23)16-8-11-4-2-3-5-15(11)25-16/h2-10H,1H3,(H,21,22)/t10-/m1/s1. The topological polar surface area (TPSA) is 68.5 Å². The number of benzene rings is 2. The lowest BCUT2D eigenvalue weighted by Crippen LogP contribution is -2.30. The van der Waals surface area contributed by atoms with Crippen molar-refractivity contribution in [3.8, 4) is 0 Å². The molecule has 0 radical (unpaired) electrons. The van der Waals surface area contributed by atoms with E-state index < -0.39 is 23.8 Å². The van der Waals surface area contributed by atoms with Crippen LogP contribution < -0.4 is 5.32 Å². The van der Waals surface area contributed by atoms with E-state index in [0.717, 1.165) is 11.5 Å². The number of anilines is 1. The van der Waals surface area contributed by atoms with E-state index in [9.17, 15) is 14.0 Å². The number of fused-ring (bicyclic) bond motifs is 1. The zero-order valence-corrected chi connectivity index (χ0v) is 13.8. The molecule has 128 valence electrons. The Kier molecular flexibility index (Phi) is 4.72. The Balaban J connectivity index is 1.67. The molecule has 1 aromatic heterocycles. The fraction of sp³-hybridized carbons (Fsp3) is 0.111. The van der Waals surface area contributed by atoms with Crippen molar-refractivity contribution < 1.29 is 23.1 Å². The summed E-state index contributed by atoms with van der Waals surface area (Å²) in [6.07, 6.45) is -1.14. The first-order chi connectivity index (χ1) is 11.9. The van der Waals surface area contributed by atoms with Crippen LogP contribution in [0.4, 0.5) is 10.1 Å². The van der Waals surface area contributed by atoms with Crippen molar-refractivity contribution in [2.24, 2.45) is 0 Å². The van der Waals surface area contributed by atoms with Crippen molar-refractivity contribution in [2.75, 3.05) is 5.32 Å². The number of esters is 1. The third kappa shape index (κ3) is 3.80. The molecule has 0 aliphatic carbocycles. The van der Waals surface area contributed by atoms with Gasteiger partial charge >= 0.3 is 5.97 Å². The summed E-state index contributed by atoms with van der Waals surface area (Å²) in [6.45, 7) is 1.38. The van der Waals surface area contributed by atoms with Crippen LogP contribution >= 0.6 is 11.6 Å². The zero-order valence-electron chi connectivity index (χ0n) is 13.1. The predicted molar refractivity (Wildman–Crippen MR) is 91.1 cm³/mol. The molecule has 2 aromatic carbocycles. The van der Waals surface area contributed by atoms with Gasteiger partial charge < -0.3 is 14.5 Å². The van der Waals surface area contributed by atoms with E-state index in [4.69, 9.17) is 20.8 Å². The van der Waals surface area contributed by atoms with Gasteiger partial charge in [0.2, 0.25) is 5.76 Å². The number of amides is 1. The molecule has 1 atom stereocenters. The summed E-state index contributed by atoms with van der Waals surface area (Å²) in [5.41, 5.74) is 0.482. The lowest BCUT2D eigenvalue weighted by atomic mass is 10.2. The van der Waals surface area contributed by atoms with Crippen LogP contribution in [0.25, 0.3) is 11.0 Å². The van der Waals surface area contributed by atoms with Crippen LogP contribution in [-0.4, -0.2) is 18.0 Å². The van der Waals surface area contributed by atoms with E-state index in [0.29, 0.717) is 5.58 Å². The second-order valence-corrected chi connectivity index (χ2v) is 5.75. The first-order valence-electron chi connectivity index (χ1n) is 7.39. The van der Waals surface area contributed by atoms with E-state index in [1.165, 1.54) is 25.1 Å². The highest BCUT2D eigenvalue weighted by Gasteiger charge is 2.22. The monoisotopic (exact) mass is 361 g/mol. The Morgan fingerprint density at radius 1 is 1.20 bits per heavy atom. The Hall–Kier alpha value is -2.86. The number of ether oxygens (including phenoxy) is 1. The van der Waals surface area contributed by atoms with E-state index in [1.54, 1.807) is 18.2 Å². The highest BCUT2D eigenvalue weighted by atomic mass is 35.5. The number of carbonyl (C=O) groups is 2. The number of carbonyl (C=O) groups excluding carboxylic acids is 2. The van der Waals surface area contributed by atoms with Crippen LogP contribution in [0.15, 0.2) is 52.9 Å². The molecular formula is C18H13ClFNO4. The molecular weight excluding hydrogens is 349 g/mol. The fourth-order valence-electron chi connectivity index (χ4n) is 2.18. The molecule has 1 amide bonds. The Bertz CT molecular complexity index is 920. The third-order valence-electron chi connectivity index (χ3n) is 3.47. The Morgan fingerprint density at radius 2 is 1.96 bits per heavy atom. The van der Waals surface area contributed by atoms with Crippen molar-refractivity contribution in [2.45, 2.75) is 13.0 Å². The lowest BCUT2D eigenvalue weighted by molar-refractivity contribution is -0.123. The van der Waals surface area contributed by atoms with E-state index in [2.05, 4.69) is 5.32 Å². The SMILES string of the molecule is C[C@@H](OC(=O)c1cc2ccccc2o1)C(=O)Nc1ccc(Cl)cc1F. The van der Waals surface area contributed by atoms with Crippen molar-refractivity contribution >= 4 is 40.1 Å². The molecule has 1 N–H and O–H groups in total. The molecule has 1 heterocycles. The van der Waals surface area contributed by atoms with Crippen LogP contribution in [0.3, 0.4) is 0 Å². The maximum absolute atomic E-state index is 13.7. The maximum Gasteiger partial charge on any atom is 0.375 e. The molecule has 0 saturated heterocycles. The summed E-state index contributed by atoms with van der Waals surface area (Å²) in [4.78, 5) is 24.2. The van der Waals surface area contributed by atoms with Crippen LogP contribution in [-0.2, 0) is 9.53 Å². The van der Waals surface area contributed by atoms with E-state index in [1.807, 2.05) is 6.07 Å². The third-order valence-corrected chi connectivity index (χ3v) is 3.70. The lowest BCUT2D eigenvalue weighted by Gasteiger charge is -2.13. The van der Waals surface area contributed by atoms with Crippen molar-refractivity contribution in [1.29, 1.82) is 0 Å². The molecule has 7 heteroatoms. The molecule has 0 saturated carbocycles. The largest absolute Gasteiger partial charge is 0.449 e. The minimum atomic E-state index is -1.14. The second-order valence-electron chi connectivity index (χ2n) is 5.31. The number of hydrogen-bond acceptors (Lipinski definition) is 4. The molecule has 0 spiro atoms. The van der Waals surface area contributed by atoms with Crippen molar-refractivity contribution in [1.82, 2.24) is 0 Å². The van der Waals surface area contributed by atoms with Gasteiger partial charge in [0.25, 0.3) is 5.91 Å². The van der Waals surface area contributed by atoms with Gasteiger partial charge in [-0.3, -0.25) is 4.79 Å². The molecule has 0 fully saturated rings. The molecule has 3 aromatic rings. The molecule has 5 nitrogen and oxygen atoms in total. The normalized spacial score (nSPS) is 12.0. The highest BCUT2D eigenvalue weighted by molar-refractivity contribution is 6.30. The number of para-hydroxylation sites is 1. The van der Waals surface area contributed by atoms with E-state index >= 15 is 0 Å². The minimum Gasteiger partial charge on any atom is -0.449 e. The molecule has 0 aliphatic heterocycles. The molecule has 25 heavy (non-hydrogen) atoms. The van der Waals surface area contributed by atoms with Gasteiger partial charge in [-0.1, -0.05) is 29.8 Å². The van der Waals surface area contributed by atoms with Gasteiger partial charge in [-0.05, 0) is 37.3 Å². The highest BCUT2D eigenvalue weighted by Crippen LogP contribution is 2.21. The second kappa shape index (κ2) is 6.94. The van der Waals surface area contributed by atoms with Gasteiger partial charge in [0.15, 0.2) is 6.10 Å². The zero-order chi connectivity index (χ0) is 18.0. The Morgan fingerprint density at radius 3 is 2.68 bits per heavy atom. The first kappa shape index (κ1) is 17.0. The maximum atomic E-state index is 13.7. The van der Waals surface area contributed by atoms with Crippen LogP contribution in [0.2, 0.25) is 5.02 Å². The number of rotatable bonds is 4. The van der Waals surface area contributed by atoms with Crippen LogP contribution in [0, 0.1) is 5.82 Å². The summed E-state index contributed by atoms with van der Waals surface area (Å²) >= 11 is 5.65. The van der Waals surface area contributed by atoms with Gasteiger partial charge in [-0.2, -0.15) is 0 Å². The summed E-state index contributed by atoms with van der Waals surface area (Å²) in [6, 6.07) is 12.4. The van der Waals surface area contributed by atoms with Gasteiger partial charge in [0.1, 0.15) is 11.4 Å².